The Balaban J connectivity index is 0.000000176. The molecule has 7 atom stereocenters. The van der Waals surface area contributed by atoms with Crippen LogP contribution in [0.5, 0.6) is 0 Å². The summed E-state index contributed by atoms with van der Waals surface area (Å²) in [6.07, 6.45) is 13.8. The first-order chi connectivity index (χ1) is 58.6. The molecule has 6 amide bonds. The fraction of sp³-hybridized carbons (Fsp3) is 0.330. The molecule has 3 aliphatic rings. The van der Waals surface area contributed by atoms with Crippen molar-refractivity contribution in [2.45, 2.75) is 139 Å². The molecule has 120 heavy (non-hydrogen) atoms. The van der Waals surface area contributed by atoms with E-state index in [0.717, 1.165) is 84.0 Å². The Bertz CT molecular complexity index is 4870. The summed E-state index contributed by atoms with van der Waals surface area (Å²) in [6, 6.07) is 85.5. The lowest BCUT2D eigenvalue weighted by molar-refractivity contribution is -0.135. The topological polar surface area (TPSA) is 258 Å². The summed E-state index contributed by atoms with van der Waals surface area (Å²) in [5.74, 6) is 0.157. The van der Waals surface area contributed by atoms with Crippen molar-refractivity contribution in [3.63, 3.8) is 0 Å². The van der Waals surface area contributed by atoms with E-state index in [4.69, 9.17) is 27.8 Å². The predicted octanol–water partition coefficient (Wildman–Crippen LogP) is 15.3. The molecule has 1 unspecified atom stereocenters. The molecule has 3 saturated heterocycles. The van der Waals surface area contributed by atoms with Gasteiger partial charge in [0.2, 0.25) is 23.6 Å². The highest BCUT2D eigenvalue weighted by molar-refractivity contribution is 6.30. The van der Waals surface area contributed by atoms with Gasteiger partial charge in [-0.1, -0.05) is 282 Å². The third-order valence-electron chi connectivity index (χ3n) is 22.5. The number of halogens is 1. The molecule has 13 rings (SSSR count). The number of unbranched alkanes of at least 4 members (excludes halogenated alkanes) is 2. The van der Waals surface area contributed by atoms with Gasteiger partial charge >= 0.3 is 0 Å². The summed E-state index contributed by atoms with van der Waals surface area (Å²) in [4.78, 5) is 90.0. The summed E-state index contributed by atoms with van der Waals surface area (Å²) in [6.45, 7) is 13.7. The van der Waals surface area contributed by atoms with Crippen LogP contribution in [0.1, 0.15) is 157 Å². The molecule has 0 spiro atoms. The number of nitrogens with zero attached hydrogens (tertiary/aromatic N) is 4. The molecule has 0 saturated carbocycles. The van der Waals surface area contributed by atoms with E-state index in [0.29, 0.717) is 107 Å². The Morgan fingerprint density at radius 3 is 1.23 bits per heavy atom. The van der Waals surface area contributed by atoms with Gasteiger partial charge in [0.25, 0.3) is 11.8 Å². The Hall–Kier alpha value is -11.6. The van der Waals surface area contributed by atoms with E-state index in [1.165, 1.54) is 28.3 Å². The van der Waals surface area contributed by atoms with Crippen molar-refractivity contribution in [2.24, 2.45) is 16.5 Å². The minimum atomic E-state index is -0.440. The van der Waals surface area contributed by atoms with Gasteiger partial charge in [0, 0.05) is 111 Å². The average Bonchev–Trinajstić information content (AvgIpc) is 1.66. The molecule has 3 fully saturated rings. The third kappa shape index (κ3) is 27.2. The molecule has 3 heterocycles. The summed E-state index contributed by atoms with van der Waals surface area (Å²) in [5, 5.41) is 24.8. The van der Waals surface area contributed by atoms with Crippen molar-refractivity contribution >= 4 is 80.6 Å². The first kappa shape index (κ1) is 89.2. The molecule has 0 radical (unpaired) electrons. The molecule has 10 N–H and O–H groups in total. The number of rotatable bonds is 34. The molecule has 0 aliphatic carbocycles. The van der Waals surface area contributed by atoms with Crippen LogP contribution in [-0.2, 0) is 23.9 Å². The van der Waals surface area contributed by atoms with E-state index in [1.807, 2.05) is 166 Å². The quantitative estimate of drug-likeness (QED) is 0.00616. The summed E-state index contributed by atoms with van der Waals surface area (Å²) < 4.78 is 6.08. The van der Waals surface area contributed by atoms with Gasteiger partial charge in [0.05, 0.1) is 31.3 Å². The van der Waals surface area contributed by atoms with Crippen molar-refractivity contribution in [3.8, 4) is 0 Å². The Morgan fingerprint density at radius 2 is 0.842 bits per heavy atom. The van der Waals surface area contributed by atoms with Crippen molar-refractivity contribution in [1.82, 2.24) is 46.6 Å². The number of carbonyl (C=O) groups is 6. The predicted molar refractivity (Wildman–Crippen MR) is 486 cm³/mol. The van der Waals surface area contributed by atoms with Gasteiger partial charge in [-0.25, -0.2) is 0 Å². The van der Waals surface area contributed by atoms with Crippen LogP contribution in [0.2, 0.25) is 5.02 Å². The number of benzene rings is 10. The second-order valence-electron chi connectivity index (χ2n) is 31.1. The number of nitrogens with two attached hydrogens (primary N) is 2. The number of fused-ring (bicyclic) bond motifs is 2. The molecule has 0 aromatic heterocycles. The maximum absolute atomic E-state index is 13.9. The van der Waals surface area contributed by atoms with E-state index in [2.05, 4.69) is 154 Å². The molecule has 10 aromatic carbocycles. The molecule has 19 nitrogen and oxygen atoms in total. The molecule has 0 bridgehead atoms. The minimum absolute atomic E-state index is 0.00110. The molecule has 626 valence electrons. The van der Waals surface area contributed by atoms with E-state index in [1.54, 1.807) is 24.3 Å². The van der Waals surface area contributed by atoms with Crippen LogP contribution in [0.25, 0.3) is 27.6 Å². The Labute approximate surface area is 712 Å². The summed E-state index contributed by atoms with van der Waals surface area (Å²) >= 11 is 5.94. The maximum Gasteiger partial charge on any atom is 0.251 e. The Morgan fingerprint density at radius 1 is 0.475 bits per heavy atom. The lowest BCUT2D eigenvalue weighted by Gasteiger charge is -2.29. The lowest BCUT2D eigenvalue weighted by atomic mass is 9.90. The Kier molecular flexibility index (Phi) is 35.1. The highest BCUT2D eigenvalue weighted by Crippen LogP contribution is 2.31. The molecule has 20 heteroatoms. The van der Waals surface area contributed by atoms with E-state index < -0.39 is 6.04 Å². The number of nitrogens with one attached hydrogen (secondary N) is 6. The fourth-order valence-corrected chi connectivity index (χ4v) is 16.0. The van der Waals surface area contributed by atoms with Gasteiger partial charge in [-0.2, -0.15) is 0 Å². The third-order valence-corrected chi connectivity index (χ3v) is 22.7. The second kappa shape index (κ2) is 47.3. The van der Waals surface area contributed by atoms with Gasteiger partial charge in [-0.05, 0) is 142 Å². The van der Waals surface area contributed by atoms with E-state index in [9.17, 15) is 28.8 Å². The van der Waals surface area contributed by atoms with Crippen LogP contribution in [0.4, 0.5) is 0 Å². The van der Waals surface area contributed by atoms with Gasteiger partial charge in [0.15, 0.2) is 5.96 Å². The SMILES string of the molecule is C=CCOC(CN1CC[C@@H](CNC(=O)c2ccc3ccccc3c2)N[C@@H](CCCN=C(N)N)C1=O)c1ccccc1.CCCC[C@@H]1N[C@H](CNC(=O)/C=C/c2ccc(Cl)cc2)CCN(CC(c2ccccc2)c2ccccc2)C1=O.CCCC[C@@H]1N[C@H](CNC(=O)c2ccc3ccccc3c2)CCN(CC(c2ccccc2)c2ccccc2)C1=O. The van der Waals surface area contributed by atoms with Crippen LogP contribution in [-0.4, -0.2) is 164 Å². The zero-order valence-corrected chi connectivity index (χ0v) is 70.0. The second-order valence-corrected chi connectivity index (χ2v) is 31.6. The number of ether oxygens (including phenoxy) is 1. The number of aliphatic imine (C=N–C) groups is 1. The number of amides is 6. The monoisotopic (exact) mass is 1630 g/mol. The number of carbonyl (C=O) groups excluding carboxylic acids is 6. The molecular formula is C100H117ClN12O7. The average molecular weight is 1630 g/mol. The first-order valence-corrected chi connectivity index (χ1v) is 42.9. The van der Waals surface area contributed by atoms with Crippen LogP contribution < -0.4 is 43.4 Å². The van der Waals surface area contributed by atoms with Gasteiger partial charge < -0.3 is 62.8 Å². The van der Waals surface area contributed by atoms with E-state index >= 15 is 0 Å². The zero-order valence-electron chi connectivity index (χ0n) is 69.2. The maximum atomic E-state index is 13.9. The number of hydrogen-bond acceptors (Lipinski definition) is 11. The summed E-state index contributed by atoms with van der Waals surface area (Å²) in [5.41, 5.74) is 19.0. The molecular weight excluding hydrogens is 1520 g/mol. The van der Waals surface area contributed by atoms with Crippen LogP contribution in [0.15, 0.2) is 285 Å². The van der Waals surface area contributed by atoms with Gasteiger partial charge in [-0.15, -0.1) is 6.58 Å². The van der Waals surface area contributed by atoms with Crippen molar-refractivity contribution in [2.75, 3.05) is 72.1 Å². The standard InChI is InChI=1S/C35H39N3O2.C33H38ClN3O2.C32H40N6O3/c1-2-3-18-33-35(40)38(25-32(27-13-6-4-7-14-27)28-15-8-5-9-16-28)22-21-31(37-33)24-36-34(39)30-20-19-26-12-10-11-17-29(26)23-30;1-2-3-14-31-33(39)37(24-30(26-10-6-4-7-11-26)27-12-8-5-9-13-27)22-21-29(36-31)23-35-32(38)20-17-25-15-18-28(34)19-16-25;1-2-19-41-29(24-10-4-3-5-11-24)22-38-18-16-27(37-28(31(38)40)13-8-17-35-32(33)34)21-36-30(39)26-15-14-23-9-6-7-12-25(23)20-26/h4-17,19-20,23,31-33,37H,2-3,18,21-22,24-25H2,1H3,(H,36,39);4-13,15-20,29-31,36H,2-3,14,21-24H2,1H3,(H,35,38);2-7,9-12,14-15,20,27-29,37H,1,8,13,16-19,21-22H2,(H,36,39)(H4,33,34,35)/b;20-17+;/t31-,33-;29-,31-;27-,28-,29?/m000/s1. The van der Waals surface area contributed by atoms with Crippen LogP contribution >= 0.6 is 11.6 Å². The molecule has 3 aliphatic heterocycles. The zero-order chi connectivity index (χ0) is 84.2. The lowest BCUT2D eigenvalue weighted by Crippen LogP contribution is -2.49. The largest absolute Gasteiger partial charge is 0.370 e. The molecule has 10 aromatic rings. The van der Waals surface area contributed by atoms with E-state index in [-0.39, 0.29) is 89.6 Å². The minimum Gasteiger partial charge on any atom is -0.370 e. The number of guanidine groups is 1. The highest BCUT2D eigenvalue weighted by Gasteiger charge is 2.36. The number of hydrogen-bond donors (Lipinski definition) is 8. The van der Waals surface area contributed by atoms with Crippen LogP contribution in [0.3, 0.4) is 0 Å². The van der Waals surface area contributed by atoms with Crippen molar-refractivity contribution in [1.29, 1.82) is 0 Å². The van der Waals surface area contributed by atoms with Crippen molar-refractivity contribution in [3.05, 3.63) is 329 Å². The summed E-state index contributed by atoms with van der Waals surface area (Å²) in [7, 11) is 0. The first-order valence-electron chi connectivity index (χ1n) is 42.5. The van der Waals surface area contributed by atoms with Gasteiger partial charge in [-0.3, -0.25) is 33.8 Å². The van der Waals surface area contributed by atoms with Gasteiger partial charge in [0.1, 0.15) is 6.10 Å². The normalized spacial score (nSPS) is 17.8. The highest BCUT2D eigenvalue weighted by atomic mass is 35.5. The smallest absolute Gasteiger partial charge is 0.251 e. The van der Waals surface area contributed by atoms with Crippen LogP contribution in [0, 0.1) is 0 Å². The van der Waals surface area contributed by atoms with Crippen molar-refractivity contribution < 1.29 is 33.5 Å². The fourth-order valence-electron chi connectivity index (χ4n) is 15.8.